The third-order valence-electron chi connectivity index (χ3n) is 4.54. The molecule has 3 aromatic rings. The van der Waals surface area contributed by atoms with Crippen molar-refractivity contribution in [1.29, 1.82) is 0 Å². The van der Waals surface area contributed by atoms with E-state index in [2.05, 4.69) is 0 Å². The van der Waals surface area contributed by atoms with Gasteiger partial charge in [0.1, 0.15) is 11.5 Å². The van der Waals surface area contributed by atoms with E-state index in [0.29, 0.717) is 12.6 Å². The normalized spacial score (nSPS) is 13.4. The van der Waals surface area contributed by atoms with Crippen molar-refractivity contribution in [3.05, 3.63) is 78.8 Å². The molecule has 0 unspecified atom stereocenters. The van der Waals surface area contributed by atoms with E-state index >= 15 is 0 Å². The molecular formula is C22H21NO3. The molecule has 132 valence electrons. The van der Waals surface area contributed by atoms with Crippen molar-refractivity contribution < 1.29 is 13.9 Å². The molecule has 4 nitrogen and oxygen atoms in total. The van der Waals surface area contributed by atoms with Crippen LogP contribution in [0.25, 0.3) is 11.1 Å². The van der Waals surface area contributed by atoms with Gasteiger partial charge in [-0.15, -0.1) is 0 Å². The summed E-state index contributed by atoms with van der Waals surface area (Å²) in [4.78, 5) is 14.6. The summed E-state index contributed by atoms with van der Waals surface area (Å²) in [5.74, 6) is 1.52. The van der Waals surface area contributed by atoms with Crippen molar-refractivity contribution in [3.63, 3.8) is 0 Å². The minimum absolute atomic E-state index is 0.00763. The van der Waals surface area contributed by atoms with E-state index in [4.69, 9.17) is 9.15 Å². The zero-order valence-corrected chi connectivity index (χ0v) is 14.5. The highest BCUT2D eigenvalue weighted by Gasteiger charge is 2.33. The van der Waals surface area contributed by atoms with E-state index in [0.717, 1.165) is 35.5 Å². The summed E-state index contributed by atoms with van der Waals surface area (Å²) >= 11 is 0. The summed E-state index contributed by atoms with van der Waals surface area (Å²) in [6.07, 6.45) is 3.73. The zero-order chi connectivity index (χ0) is 17.8. The molecule has 1 fully saturated rings. The van der Waals surface area contributed by atoms with Crippen LogP contribution < -0.4 is 4.74 Å². The number of benzene rings is 2. The van der Waals surface area contributed by atoms with E-state index < -0.39 is 0 Å². The Bertz CT molecular complexity index is 854. The van der Waals surface area contributed by atoms with E-state index in [1.54, 1.807) is 6.26 Å². The first kappa shape index (κ1) is 16.5. The van der Waals surface area contributed by atoms with E-state index in [1.165, 1.54) is 0 Å². The van der Waals surface area contributed by atoms with Gasteiger partial charge >= 0.3 is 0 Å². The van der Waals surface area contributed by atoms with Gasteiger partial charge in [0.25, 0.3) is 5.91 Å². The number of rotatable bonds is 7. The van der Waals surface area contributed by atoms with Crippen LogP contribution in [0.4, 0.5) is 0 Å². The van der Waals surface area contributed by atoms with Crippen LogP contribution >= 0.6 is 0 Å². The SMILES string of the molecule is O=C(COc1ccccc1-c1ccccc1)N(Cc1ccco1)C1CC1. The predicted molar refractivity (Wildman–Crippen MR) is 99.7 cm³/mol. The van der Waals surface area contributed by atoms with Crippen LogP contribution in [0.5, 0.6) is 5.75 Å². The van der Waals surface area contributed by atoms with E-state index in [1.807, 2.05) is 71.6 Å². The van der Waals surface area contributed by atoms with Crippen LogP contribution in [0.1, 0.15) is 18.6 Å². The summed E-state index contributed by atoms with van der Waals surface area (Å²) in [5.41, 5.74) is 2.06. The van der Waals surface area contributed by atoms with Crippen molar-refractivity contribution in [3.8, 4) is 16.9 Å². The van der Waals surface area contributed by atoms with Crippen LogP contribution in [0.2, 0.25) is 0 Å². The molecule has 2 aromatic carbocycles. The number of nitrogens with zero attached hydrogens (tertiary/aromatic N) is 1. The van der Waals surface area contributed by atoms with E-state index in [9.17, 15) is 4.79 Å². The summed E-state index contributed by atoms with van der Waals surface area (Å²) < 4.78 is 11.3. The molecule has 1 heterocycles. The van der Waals surface area contributed by atoms with Gasteiger partial charge in [0.05, 0.1) is 12.8 Å². The lowest BCUT2D eigenvalue weighted by Gasteiger charge is -2.22. The highest BCUT2D eigenvalue weighted by atomic mass is 16.5. The number of hydrogen-bond acceptors (Lipinski definition) is 3. The minimum Gasteiger partial charge on any atom is -0.483 e. The third-order valence-corrected chi connectivity index (χ3v) is 4.54. The number of ether oxygens (including phenoxy) is 1. The molecule has 0 saturated heterocycles. The molecule has 1 amide bonds. The number of carbonyl (C=O) groups is 1. The molecule has 0 radical (unpaired) electrons. The van der Waals surface area contributed by atoms with Crippen LogP contribution in [-0.2, 0) is 11.3 Å². The van der Waals surface area contributed by atoms with Crippen molar-refractivity contribution in [2.45, 2.75) is 25.4 Å². The van der Waals surface area contributed by atoms with Gasteiger partial charge in [-0.2, -0.15) is 0 Å². The summed E-state index contributed by atoms with van der Waals surface area (Å²) in [6.45, 7) is 0.529. The predicted octanol–water partition coefficient (Wildman–Crippen LogP) is 4.52. The topological polar surface area (TPSA) is 42.7 Å². The fourth-order valence-corrected chi connectivity index (χ4v) is 3.05. The highest BCUT2D eigenvalue weighted by molar-refractivity contribution is 5.79. The first-order valence-corrected chi connectivity index (χ1v) is 8.90. The number of amides is 1. The van der Waals surface area contributed by atoms with Gasteiger partial charge in [-0.3, -0.25) is 4.79 Å². The lowest BCUT2D eigenvalue weighted by molar-refractivity contribution is -0.134. The molecule has 1 aliphatic carbocycles. The number of furan rings is 1. The van der Waals surface area contributed by atoms with Gasteiger partial charge in [-0.1, -0.05) is 48.5 Å². The lowest BCUT2D eigenvalue weighted by atomic mass is 10.1. The van der Waals surface area contributed by atoms with Crippen molar-refractivity contribution in [2.24, 2.45) is 0 Å². The monoisotopic (exact) mass is 347 g/mol. The second-order valence-corrected chi connectivity index (χ2v) is 6.48. The highest BCUT2D eigenvalue weighted by Crippen LogP contribution is 2.31. The van der Waals surface area contributed by atoms with Crippen molar-refractivity contribution in [2.75, 3.05) is 6.61 Å². The second kappa shape index (κ2) is 7.48. The number of carbonyl (C=O) groups excluding carboxylic acids is 1. The molecule has 0 atom stereocenters. The standard InChI is InChI=1S/C22H21NO3/c24-22(23(18-12-13-18)15-19-9-6-14-25-19)16-26-21-11-5-4-10-20(21)17-7-2-1-3-8-17/h1-11,14,18H,12-13,15-16H2. The Morgan fingerprint density at radius 2 is 1.77 bits per heavy atom. The first-order valence-electron chi connectivity index (χ1n) is 8.90. The molecule has 26 heavy (non-hydrogen) atoms. The lowest BCUT2D eigenvalue weighted by Crippen LogP contribution is -2.36. The zero-order valence-electron chi connectivity index (χ0n) is 14.5. The maximum Gasteiger partial charge on any atom is 0.261 e. The molecule has 0 aliphatic heterocycles. The van der Waals surface area contributed by atoms with Gasteiger partial charge in [0.2, 0.25) is 0 Å². The fraction of sp³-hybridized carbons (Fsp3) is 0.227. The van der Waals surface area contributed by atoms with Crippen LogP contribution in [0.15, 0.2) is 77.4 Å². The fourth-order valence-electron chi connectivity index (χ4n) is 3.05. The summed E-state index contributed by atoms with van der Waals surface area (Å²) in [7, 11) is 0. The Balaban J connectivity index is 1.46. The van der Waals surface area contributed by atoms with Crippen molar-refractivity contribution in [1.82, 2.24) is 4.90 Å². The number of para-hydroxylation sites is 1. The van der Waals surface area contributed by atoms with Crippen LogP contribution in [0.3, 0.4) is 0 Å². The molecule has 1 saturated carbocycles. The molecule has 4 heteroatoms. The van der Waals surface area contributed by atoms with E-state index in [-0.39, 0.29) is 12.5 Å². The molecular weight excluding hydrogens is 326 g/mol. The largest absolute Gasteiger partial charge is 0.483 e. The third kappa shape index (κ3) is 3.80. The Labute approximate surface area is 153 Å². The van der Waals surface area contributed by atoms with Gasteiger partial charge in [-0.25, -0.2) is 0 Å². The molecule has 0 spiro atoms. The van der Waals surface area contributed by atoms with Gasteiger partial charge in [0.15, 0.2) is 6.61 Å². The average Bonchev–Trinajstić information content (AvgIpc) is 3.40. The Morgan fingerprint density at radius 3 is 2.50 bits per heavy atom. The van der Waals surface area contributed by atoms with Crippen molar-refractivity contribution >= 4 is 5.91 Å². The Kier molecular flexibility index (Phi) is 4.73. The smallest absolute Gasteiger partial charge is 0.261 e. The maximum absolute atomic E-state index is 12.7. The average molecular weight is 347 g/mol. The summed E-state index contributed by atoms with van der Waals surface area (Å²) in [6, 6.07) is 21.9. The molecule has 1 aromatic heterocycles. The van der Waals surface area contributed by atoms with Crippen LogP contribution in [0, 0.1) is 0 Å². The molecule has 0 bridgehead atoms. The number of hydrogen-bond donors (Lipinski definition) is 0. The van der Waals surface area contributed by atoms with Gasteiger partial charge < -0.3 is 14.1 Å². The quantitative estimate of drug-likeness (QED) is 0.631. The minimum atomic E-state index is -0.00763. The second-order valence-electron chi connectivity index (χ2n) is 6.48. The Morgan fingerprint density at radius 1 is 1.00 bits per heavy atom. The Hall–Kier alpha value is -3.01. The summed E-state index contributed by atoms with van der Waals surface area (Å²) in [5, 5.41) is 0. The van der Waals surface area contributed by atoms with Gasteiger partial charge in [0, 0.05) is 11.6 Å². The molecule has 1 aliphatic rings. The maximum atomic E-state index is 12.7. The molecule has 0 N–H and O–H groups in total. The van der Waals surface area contributed by atoms with Gasteiger partial charge in [-0.05, 0) is 36.6 Å². The molecule has 4 rings (SSSR count). The first-order chi connectivity index (χ1) is 12.8. The van der Waals surface area contributed by atoms with Crippen LogP contribution in [-0.4, -0.2) is 23.5 Å².